The van der Waals surface area contributed by atoms with E-state index >= 15 is 0 Å². The zero-order valence-electron chi connectivity index (χ0n) is 13.2. The number of rotatable bonds is 7. The first-order valence-corrected chi connectivity index (χ1v) is 8.38. The summed E-state index contributed by atoms with van der Waals surface area (Å²) >= 11 is 12.1. The Bertz CT molecular complexity index is 781. The van der Waals surface area contributed by atoms with E-state index in [0.29, 0.717) is 28.8 Å². The lowest BCUT2D eigenvalue weighted by molar-refractivity contribution is -0.117. The monoisotopic (exact) mass is 378 g/mol. The molecule has 0 saturated carbocycles. The first-order valence-electron chi connectivity index (χ1n) is 7.63. The van der Waals surface area contributed by atoms with Crippen LogP contribution in [0, 0.1) is 0 Å². The molecule has 0 saturated heterocycles. The molecule has 3 aromatic rings. The summed E-state index contributed by atoms with van der Waals surface area (Å²) in [4.78, 5) is 14.3. The third kappa shape index (κ3) is 4.89. The summed E-state index contributed by atoms with van der Waals surface area (Å²) < 4.78 is 10.8. The van der Waals surface area contributed by atoms with Gasteiger partial charge in [0.2, 0.25) is 5.91 Å². The Morgan fingerprint density at radius 3 is 2.16 bits per heavy atom. The maximum Gasteiger partial charge on any atom is 0.238 e. The highest BCUT2D eigenvalue weighted by Crippen LogP contribution is 2.29. The topological polar surface area (TPSA) is 58.6 Å². The Labute approximate surface area is 155 Å². The van der Waals surface area contributed by atoms with Crippen LogP contribution in [0.2, 0.25) is 10.0 Å². The fourth-order valence-electron chi connectivity index (χ4n) is 2.41. The minimum absolute atomic E-state index is 0.143. The summed E-state index contributed by atoms with van der Waals surface area (Å²) in [5, 5.41) is 3.49. The van der Waals surface area contributed by atoms with Crippen LogP contribution in [0.25, 0.3) is 0 Å². The molecule has 0 fully saturated rings. The third-order valence-corrected chi connectivity index (χ3v) is 4.33. The minimum atomic E-state index is -0.206. The first-order chi connectivity index (χ1) is 12.1. The molecule has 0 bridgehead atoms. The zero-order chi connectivity index (χ0) is 17.6. The van der Waals surface area contributed by atoms with Gasteiger partial charge < -0.3 is 14.2 Å². The molecule has 1 aromatic carbocycles. The van der Waals surface area contributed by atoms with Gasteiger partial charge in [-0.05, 0) is 36.4 Å². The summed E-state index contributed by atoms with van der Waals surface area (Å²) in [6, 6.07) is 12.4. The number of furan rings is 2. The SMILES string of the molecule is O=C(CN(Cc1ccco1)Cc1ccco1)Nc1cccc(Cl)c1Cl. The van der Waals surface area contributed by atoms with Crippen LogP contribution in [0.15, 0.2) is 63.8 Å². The smallest absolute Gasteiger partial charge is 0.238 e. The van der Waals surface area contributed by atoms with Gasteiger partial charge in [-0.1, -0.05) is 29.3 Å². The van der Waals surface area contributed by atoms with E-state index in [1.807, 2.05) is 29.2 Å². The van der Waals surface area contributed by atoms with Crippen molar-refractivity contribution in [2.24, 2.45) is 0 Å². The predicted molar refractivity (Wildman–Crippen MR) is 96.6 cm³/mol. The molecule has 3 rings (SSSR count). The van der Waals surface area contributed by atoms with E-state index in [4.69, 9.17) is 32.0 Å². The molecule has 0 aliphatic rings. The predicted octanol–water partition coefficient (Wildman–Crippen LogP) is 4.82. The normalized spacial score (nSPS) is 11.0. The third-order valence-electron chi connectivity index (χ3n) is 3.51. The van der Waals surface area contributed by atoms with E-state index in [1.54, 1.807) is 30.7 Å². The number of benzene rings is 1. The van der Waals surface area contributed by atoms with E-state index in [9.17, 15) is 4.79 Å². The molecule has 2 heterocycles. The van der Waals surface area contributed by atoms with Crippen LogP contribution in [0.3, 0.4) is 0 Å². The van der Waals surface area contributed by atoms with Crippen molar-refractivity contribution >= 4 is 34.8 Å². The van der Waals surface area contributed by atoms with Crippen molar-refractivity contribution < 1.29 is 13.6 Å². The highest BCUT2D eigenvalue weighted by Gasteiger charge is 2.16. The van der Waals surface area contributed by atoms with Crippen molar-refractivity contribution in [2.45, 2.75) is 13.1 Å². The van der Waals surface area contributed by atoms with Gasteiger partial charge >= 0.3 is 0 Å². The van der Waals surface area contributed by atoms with E-state index in [0.717, 1.165) is 11.5 Å². The van der Waals surface area contributed by atoms with Gasteiger partial charge in [0.15, 0.2) is 0 Å². The fourth-order valence-corrected chi connectivity index (χ4v) is 2.75. The molecular formula is C18H16Cl2N2O3. The van der Waals surface area contributed by atoms with Gasteiger partial charge in [0.05, 0.1) is 47.9 Å². The lowest BCUT2D eigenvalue weighted by Crippen LogP contribution is -2.32. The largest absolute Gasteiger partial charge is 0.468 e. The van der Waals surface area contributed by atoms with Gasteiger partial charge in [0, 0.05) is 0 Å². The number of hydrogen-bond donors (Lipinski definition) is 1. The lowest BCUT2D eigenvalue weighted by atomic mass is 10.3. The molecule has 7 heteroatoms. The maximum atomic E-state index is 12.4. The molecule has 5 nitrogen and oxygen atoms in total. The quantitative estimate of drug-likeness (QED) is 0.640. The first kappa shape index (κ1) is 17.6. The van der Waals surface area contributed by atoms with Gasteiger partial charge in [-0.2, -0.15) is 0 Å². The van der Waals surface area contributed by atoms with Crippen LogP contribution in [0.1, 0.15) is 11.5 Å². The molecule has 0 radical (unpaired) electrons. The minimum Gasteiger partial charge on any atom is -0.468 e. The number of carbonyl (C=O) groups excluding carboxylic acids is 1. The summed E-state index contributed by atoms with van der Waals surface area (Å²) in [5.41, 5.74) is 0.482. The van der Waals surface area contributed by atoms with Crippen molar-refractivity contribution in [2.75, 3.05) is 11.9 Å². The van der Waals surface area contributed by atoms with Crippen LogP contribution in [-0.4, -0.2) is 17.4 Å². The Kier molecular flexibility index (Phi) is 5.81. The number of amides is 1. The summed E-state index contributed by atoms with van der Waals surface area (Å²) in [5.74, 6) is 1.32. The summed E-state index contributed by atoms with van der Waals surface area (Å²) in [7, 11) is 0. The molecule has 0 atom stereocenters. The second-order valence-corrected chi connectivity index (χ2v) is 6.24. The molecule has 0 aliphatic heterocycles. The molecule has 2 aromatic heterocycles. The molecule has 25 heavy (non-hydrogen) atoms. The van der Waals surface area contributed by atoms with E-state index < -0.39 is 0 Å². The average molecular weight is 379 g/mol. The van der Waals surface area contributed by atoms with Crippen LogP contribution in [-0.2, 0) is 17.9 Å². The van der Waals surface area contributed by atoms with Crippen molar-refractivity contribution in [1.82, 2.24) is 4.90 Å². The average Bonchev–Trinajstić information content (AvgIpc) is 3.26. The molecule has 0 unspecified atom stereocenters. The number of nitrogens with zero attached hydrogens (tertiary/aromatic N) is 1. The molecule has 0 spiro atoms. The second kappa shape index (κ2) is 8.25. The Morgan fingerprint density at radius 1 is 0.960 bits per heavy atom. The number of carbonyl (C=O) groups is 1. The number of halogens is 2. The van der Waals surface area contributed by atoms with Crippen molar-refractivity contribution in [1.29, 1.82) is 0 Å². The van der Waals surface area contributed by atoms with Gasteiger partial charge in [-0.25, -0.2) is 0 Å². The van der Waals surface area contributed by atoms with Crippen molar-refractivity contribution in [3.8, 4) is 0 Å². The Morgan fingerprint density at radius 2 is 1.60 bits per heavy atom. The lowest BCUT2D eigenvalue weighted by Gasteiger charge is -2.20. The number of anilines is 1. The Hall–Kier alpha value is -2.21. The van der Waals surface area contributed by atoms with Gasteiger partial charge in [0.1, 0.15) is 11.5 Å². The Balaban J connectivity index is 1.68. The van der Waals surface area contributed by atoms with Crippen LogP contribution in [0.4, 0.5) is 5.69 Å². The molecule has 1 amide bonds. The van der Waals surface area contributed by atoms with E-state index in [2.05, 4.69) is 5.32 Å². The summed E-state index contributed by atoms with van der Waals surface area (Å²) in [6.07, 6.45) is 3.21. The van der Waals surface area contributed by atoms with Crippen LogP contribution in [0.5, 0.6) is 0 Å². The zero-order valence-corrected chi connectivity index (χ0v) is 14.8. The second-order valence-electron chi connectivity index (χ2n) is 5.45. The number of nitrogens with one attached hydrogen (secondary N) is 1. The van der Waals surface area contributed by atoms with E-state index in [-0.39, 0.29) is 12.5 Å². The molecule has 0 aliphatic carbocycles. The molecule has 130 valence electrons. The molecule has 1 N–H and O–H groups in total. The van der Waals surface area contributed by atoms with Crippen LogP contribution < -0.4 is 5.32 Å². The van der Waals surface area contributed by atoms with Gasteiger partial charge in [0.25, 0.3) is 0 Å². The highest BCUT2D eigenvalue weighted by atomic mass is 35.5. The van der Waals surface area contributed by atoms with Gasteiger partial charge in [-0.3, -0.25) is 9.69 Å². The summed E-state index contributed by atoms with van der Waals surface area (Å²) in [6.45, 7) is 1.10. The molecular weight excluding hydrogens is 363 g/mol. The maximum absolute atomic E-state index is 12.4. The fraction of sp³-hybridized carbons (Fsp3) is 0.167. The highest BCUT2D eigenvalue weighted by molar-refractivity contribution is 6.43. The van der Waals surface area contributed by atoms with E-state index in [1.165, 1.54) is 0 Å². The standard InChI is InChI=1S/C18H16Cl2N2O3/c19-15-6-1-7-16(18(15)20)21-17(23)12-22(10-13-4-2-8-24-13)11-14-5-3-9-25-14/h1-9H,10-12H2,(H,21,23). The number of hydrogen-bond acceptors (Lipinski definition) is 4. The van der Waals surface area contributed by atoms with Crippen LogP contribution >= 0.6 is 23.2 Å². The van der Waals surface area contributed by atoms with Crippen molar-refractivity contribution in [3.63, 3.8) is 0 Å². The van der Waals surface area contributed by atoms with Crippen molar-refractivity contribution in [3.05, 3.63) is 76.6 Å². The van der Waals surface area contributed by atoms with Gasteiger partial charge in [-0.15, -0.1) is 0 Å².